The molecule has 0 fully saturated rings. The van der Waals surface area contributed by atoms with Crippen molar-refractivity contribution in [3.05, 3.63) is 39.7 Å². The first-order chi connectivity index (χ1) is 10.1. The van der Waals surface area contributed by atoms with Gasteiger partial charge in [0.2, 0.25) is 0 Å². The Balaban J connectivity index is 2.25. The molecule has 2 aromatic rings. The first-order valence-electron chi connectivity index (χ1n) is 7.37. The Kier molecular flexibility index (Phi) is 5.23. The molecule has 0 unspecified atom stereocenters. The summed E-state index contributed by atoms with van der Waals surface area (Å²) < 4.78 is 7.66. The molecule has 0 aliphatic rings. The maximum Gasteiger partial charge on any atom is 0.125 e. The average molecular weight is 308 g/mol. The number of ether oxygens (including phenoxy) is 1. The number of rotatable bonds is 6. The van der Waals surface area contributed by atoms with Crippen molar-refractivity contribution in [1.29, 1.82) is 0 Å². The minimum Gasteiger partial charge on any atom is -0.493 e. The molecule has 0 amide bonds. The van der Waals surface area contributed by atoms with Crippen LogP contribution < -0.4 is 4.74 Å². The molecule has 0 spiro atoms. The molecule has 0 bridgehead atoms. The lowest BCUT2D eigenvalue weighted by Gasteiger charge is -2.16. The van der Waals surface area contributed by atoms with E-state index in [1.165, 1.54) is 5.56 Å². The van der Waals surface area contributed by atoms with Gasteiger partial charge in [-0.2, -0.15) is 0 Å². The van der Waals surface area contributed by atoms with E-state index in [9.17, 15) is 0 Å². The van der Waals surface area contributed by atoms with Crippen LogP contribution in [0.5, 0.6) is 5.75 Å². The minimum atomic E-state index is 0.654. The van der Waals surface area contributed by atoms with Gasteiger partial charge in [0.05, 0.1) is 12.3 Å². The van der Waals surface area contributed by atoms with Gasteiger partial charge in [-0.3, -0.25) is 4.68 Å². The van der Waals surface area contributed by atoms with Crippen molar-refractivity contribution in [2.24, 2.45) is 0 Å². The summed E-state index contributed by atoms with van der Waals surface area (Å²) in [6.07, 6.45) is 3.68. The van der Waals surface area contributed by atoms with Crippen LogP contribution in [0.4, 0.5) is 0 Å². The highest BCUT2D eigenvalue weighted by Crippen LogP contribution is 2.33. The van der Waals surface area contributed by atoms with Crippen LogP contribution in [0.15, 0.2) is 12.3 Å². The number of hydrogen-bond acceptors (Lipinski definition) is 3. The van der Waals surface area contributed by atoms with Crippen LogP contribution in [-0.4, -0.2) is 21.6 Å². The Morgan fingerprint density at radius 3 is 2.62 bits per heavy atom. The van der Waals surface area contributed by atoms with E-state index in [4.69, 9.17) is 16.3 Å². The van der Waals surface area contributed by atoms with Gasteiger partial charge in [0.25, 0.3) is 0 Å². The van der Waals surface area contributed by atoms with Gasteiger partial charge in [-0.1, -0.05) is 16.8 Å². The van der Waals surface area contributed by atoms with E-state index in [-0.39, 0.29) is 0 Å². The van der Waals surface area contributed by atoms with E-state index >= 15 is 0 Å². The molecule has 4 nitrogen and oxygen atoms in total. The third-order valence-electron chi connectivity index (χ3n) is 3.62. The Labute approximate surface area is 131 Å². The van der Waals surface area contributed by atoms with Crippen molar-refractivity contribution in [2.45, 2.75) is 47.1 Å². The summed E-state index contributed by atoms with van der Waals surface area (Å²) in [5.41, 5.74) is 4.34. The molecule has 0 aliphatic heterocycles. The van der Waals surface area contributed by atoms with Crippen LogP contribution in [0, 0.1) is 13.8 Å². The number of halogens is 1. The second-order valence-electron chi connectivity index (χ2n) is 5.11. The lowest BCUT2D eigenvalue weighted by atomic mass is 9.98. The highest BCUT2D eigenvalue weighted by atomic mass is 35.5. The summed E-state index contributed by atoms with van der Waals surface area (Å²) in [5, 5.41) is 9.06. The predicted molar refractivity (Wildman–Crippen MR) is 85.2 cm³/mol. The Hall–Kier alpha value is -1.55. The van der Waals surface area contributed by atoms with Gasteiger partial charge in [0, 0.05) is 17.8 Å². The number of benzene rings is 1. The number of aromatic nitrogens is 3. The van der Waals surface area contributed by atoms with Crippen LogP contribution in [0.2, 0.25) is 5.02 Å². The van der Waals surface area contributed by atoms with E-state index < -0.39 is 0 Å². The summed E-state index contributed by atoms with van der Waals surface area (Å²) in [4.78, 5) is 0. The van der Waals surface area contributed by atoms with E-state index in [1.807, 2.05) is 37.7 Å². The molecule has 5 heteroatoms. The van der Waals surface area contributed by atoms with Gasteiger partial charge in [-0.15, -0.1) is 5.10 Å². The van der Waals surface area contributed by atoms with Gasteiger partial charge in [-0.05, 0) is 63.3 Å². The highest BCUT2D eigenvalue weighted by Gasteiger charge is 2.14. The lowest BCUT2D eigenvalue weighted by Crippen LogP contribution is -2.04. The standard InChI is InChI=1S/C16H22ClN3O/c1-5-20-10-13(18-19-20)7-8-14-12(4)15(17)9-11(3)16(14)21-6-2/h9-10H,5-8H2,1-4H3. The second-order valence-corrected chi connectivity index (χ2v) is 5.51. The summed E-state index contributed by atoms with van der Waals surface area (Å²) >= 11 is 6.31. The van der Waals surface area contributed by atoms with Gasteiger partial charge in [-0.25, -0.2) is 0 Å². The molecule has 1 aromatic carbocycles. The quantitative estimate of drug-likeness (QED) is 0.816. The van der Waals surface area contributed by atoms with Crippen molar-refractivity contribution in [3.8, 4) is 5.75 Å². The maximum absolute atomic E-state index is 6.31. The number of aryl methyl sites for hydroxylation is 3. The van der Waals surface area contributed by atoms with Crippen LogP contribution >= 0.6 is 11.6 Å². The molecule has 1 heterocycles. The monoisotopic (exact) mass is 307 g/mol. The van der Waals surface area contributed by atoms with E-state index in [0.717, 1.165) is 47.0 Å². The fourth-order valence-corrected chi connectivity index (χ4v) is 2.70. The molecule has 0 aliphatic carbocycles. The molecular weight excluding hydrogens is 286 g/mol. The van der Waals surface area contributed by atoms with Crippen LogP contribution in [0.3, 0.4) is 0 Å². The van der Waals surface area contributed by atoms with E-state index in [0.29, 0.717) is 6.61 Å². The second kappa shape index (κ2) is 6.94. The zero-order valence-electron chi connectivity index (χ0n) is 13.1. The molecule has 0 saturated carbocycles. The zero-order valence-corrected chi connectivity index (χ0v) is 13.9. The third kappa shape index (κ3) is 3.56. The molecule has 21 heavy (non-hydrogen) atoms. The first kappa shape index (κ1) is 15.8. The van der Waals surface area contributed by atoms with E-state index in [2.05, 4.69) is 17.2 Å². The van der Waals surface area contributed by atoms with E-state index in [1.54, 1.807) is 0 Å². The van der Waals surface area contributed by atoms with Crippen molar-refractivity contribution in [2.75, 3.05) is 6.61 Å². The highest BCUT2D eigenvalue weighted by molar-refractivity contribution is 6.31. The van der Waals surface area contributed by atoms with Crippen LogP contribution in [0.25, 0.3) is 0 Å². The Bertz CT molecular complexity index is 622. The maximum atomic E-state index is 6.31. The van der Waals surface area contributed by atoms with Crippen LogP contribution in [0.1, 0.15) is 36.2 Å². The lowest BCUT2D eigenvalue weighted by molar-refractivity contribution is 0.333. The van der Waals surface area contributed by atoms with Crippen molar-refractivity contribution < 1.29 is 4.74 Å². The molecule has 0 atom stereocenters. The molecule has 0 radical (unpaired) electrons. The van der Waals surface area contributed by atoms with Gasteiger partial charge >= 0.3 is 0 Å². The molecule has 0 saturated heterocycles. The minimum absolute atomic E-state index is 0.654. The topological polar surface area (TPSA) is 39.9 Å². The molecule has 0 N–H and O–H groups in total. The summed E-state index contributed by atoms with van der Waals surface area (Å²) in [6, 6.07) is 1.97. The first-order valence-corrected chi connectivity index (χ1v) is 7.75. The molecule has 1 aromatic heterocycles. The fourth-order valence-electron chi connectivity index (χ4n) is 2.42. The predicted octanol–water partition coefficient (Wildman–Crippen LogP) is 3.75. The van der Waals surface area contributed by atoms with Gasteiger partial charge in [0.15, 0.2) is 0 Å². The summed E-state index contributed by atoms with van der Waals surface area (Å²) in [7, 11) is 0. The molecule has 114 valence electrons. The Morgan fingerprint density at radius 1 is 1.24 bits per heavy atom. The number of nitrogens with zero attached hydrogens (tertiary/aromatic N) is 3. The molecular formula is C16H22ClN3O. The smallest absolute Gasteiger partial charge is 0.125 e. The summed E-state index contributed by atoms with van der Waals surface area (Å²) in [6.45, 7) is 9.62. The van der Waals surface area contributed by atoms with Gasteiger partial charge < -0.3 is 4.74 Å². The van der Waals surface area contributed by atoms with Gasteiger partial charge in [0.1, 0.15) is 5.75 Å². The largest absolute Gasteiger partial charge is 0.493 e. The van der Waals surface area contributed by atoms with Crippen molar-refractivity contribution in [3.63, 3.8) is 0 Å². The average Bonchev–Trinajstić information content (AvgIpc) is 2.92. The zero-order chi connectivity index (χ0) is 15.4. The fraction of sp³-hybridized carbons (Fsp3) is 0.500. The number of hydrogen-bond donors (Lipinski definition) is 0. The summed E-state index contributed by atoms with van der Waals surface area (Å²) in [5.74, 6) is 0.960. The Morgan fingerprint density at radius 2 is 2.00 bits per heavy atom. The van der Waals surface area contributed by atoms with Crippen molar-refractivity contribution in [1.82, 2.24) is 15.0 Å². The normalized spacial score (nSPS) is 10.9. The molecule has 2 rings (SSSR count). The third-order valence-corrected chi connectivity index (χ3v) is 4.01. The van der Waals surface area contributed by atoms with Crippen molar-refractivity contribution >= 4 is 11.6 Å². The SMILES string of the molecule is CCOc1c(C)cc(Cl)c(C)c1CCc1cn(CC)nn1. The van der Waals surface area contributed by atoms with Crippen LogP contribution in [-0.2, 0) is 19.4 Å².